The van der Waals surface area contributed by atoms with E-state index in [1.165, 1.54) is 16.7 Å². The van der Waals surface area contributed by atoms with Crippen LogP contribution in [-0.4, -0.2) is 54.3 Å². The van der Waals surface area contributed by atoms with E-state index in [-0.39, 0.29) is 23.5 Å². The molecule has 6 nitrogen and oxygen atoms in total. The average molecular weight is 428 g/mol. The highest BCUT2D eigenvalue weighted by Crippen LogP contribution is 2.37. The third kappa shape index (κ3) is 4.47. The van der Waals surface area contributed by atoms with Crippen LogP contribution in [0.5, 0.6) is 11.5 Å². The van der Waals surface area contributed by atoms with Crippen molar-refractivity contribution < 1.29 is 22.7 Å². The zero-order chi connectivity index (χ0) is 19.6. The monoisotopic (exact) mass is 427 g/mol. The summed E-state index contributed by atoms with van der Waals surface area (Å²) in [5.41, 5.74) is 0.793. The normalized spacial score (nSPS) is 23.3. The quantitative estimate of drug-likeness (QED) is 0.510. The van der Waals surface area contributed by atoms with Gasteiger partial charge in [0.05, 0.1) is 35.7 Å². The molecule has 2 heterocycles. The number of carbonyl (C=O) groups is 1. The second-order valence-corrected chi connectivity index (χ2v) is 10.1. The summed E-state index contributed by atoms with van der Waals surface area (Å²) in [5, 5.41) is 0. The van der Waals surface area contributed by atoms with Gasteiger partial charge in [-0.15, -0.1) is 0 Å². The molecule has 2 aliphatic heterocycles. The summed E-state index contributed by atoms with van der Waals surface area (Å²) in [6.45, 7) is 4.82. The van der Waals surface area contributed by atoms with Crippen molar-refractivity contribution in [3.05, 3.63) is 28.7 Å². The Bertz CT molecular complexity index is 894. The summed E-state index contributed by atoms with van der Waals surface area (Å²) in [4.78, 5) is 14.7. The fourth-order valence-electron chi connectivity index (χ4n) is 3.08. The molecule has 0 aliphatic carbocycles. The minimum Gasteiger partial charge on any atom is -0.490 e. The van der Waals surface area contributed by atoms with Crippen LogP contribution in [0.25, 0.3) is 6.08 Å². The zero-order valence-electron chi connectivity index (χ0n) is 15.1. The topological polar surface area (TPSA) is 72.9 Å². The van der Waals surface area contributed by atoms with Gasteiger partial charge in [0.1, 0.15) is 4.32 Å². The highest BCUT2D eigenvalue weighted by molar-refractivity contribution is 8.26. The van der Waals surface area contributed by atoms with E-state index in [2.05, 4.69) is 0 Å². The molecule has 2 fully saturated rings. The second-order valence-electron chi connectivity index (χ2n) is 6.18. The molecule has 0 aromatic heterocycles. The molecule has 0 bridgehead atoms. The summed E-state index contributed by atoms with van der Waals surface area (Å²) in [6, 6.07) is 5.11. The lowest BCUT2D eigenvalue weighted by Gasteiger charge is -2.20. The van der Waals surface area contributed by atoms with Crippen molar-refractivity contribution in [2.75, 3.05) is 24.7 Å². The number of nitrogens with zero attached hydrogens (tertiary/aromatic N) is 1. The van der Waals surface area contributed by atoms with E-state index in [0.717, 1.165) is 5.56 Å². The number of thioether (sulfide) groups is 1. The minimum atomic E-state index is -3.09. The van der Waals surface area contributed by atoms with Crippen molar-refractivity contribution in [1.82, 2.24) is 4.90 Å². The van der Waals surface area contributed by atoms with Gasteiger partial charge in [-0.2, -0.15) is 0 Å². The van der Waals surface area contributed by atoms with Crippen LogP contribution in [0.1, 0.15) is 25.8 Å². The summed E-state index contributed by atoms with van der Waals surface area (Å²) in [6.07, 6.45) is 2.18. The summed E-state index contributed by atoms with van der Waals surface area (Å²) < 4.78 is 35.1. The molecule has 9 heteroatoms. The van der Waals surface area contributed by atoms with E-state index in [1.54, 1.807) is 6.08 Å². The van der Waals surface area contributed by atoms with Crippen LogP contribution in [0.4, 0.5) is 0 Å². The Morgan fingerprint density at radius 3 is 2.59 bits per heavy atom. The van der Waals surface area contributed by atoms with E-state index in [1.807, 2.05) is 32.0 Å². The van der Waals surface area contributed by atoms with Crippen molar-refractivity contribution in [2.45, 2.75) is 26.3 Å². The first-order chi connectivity index (χ1) is 12.8. The predicted octanol–water partition coefficient (Wildman–Crippen LogP) is 2.87. The van der Waals surface area contributed by atoms with Gasteiger partial charge in [-0.25, -0.2) is 8.42 Å². The highest BCUT2D eigenvalue weighted by atomic mass is 32.2. The number of carbonyl (C=O) groups excluding carboxylic acids is 1. The maximum absolute atomic E-state index is 12.8. The second kappa shape index (κ2) is 8.20. The predicted molar refractivity (Wildman–Crippen MR) is 111 cm³/mol. The molecular weight excluding hydrogens is 406 g/mol. The van der Waals surface area contributed by atoms with Gasteiger partial charge in [-0.3, -0.25) is 9.69 Å². The number of sulfone groups is 1. The number of thiocarbonyl (C=S) groups is 1. The van der Waals surface area contributed by atoms with Gasteiger partial charge in [0.2, 0.25) is 0 Å². The Morgan fingerprint density at radius 2 is 1.96 bits per heavy atom. The fourth-order valence-corrected chi connectivity index (χ4v) is 6.18. The van der Waals surface area contributed by atoms with Gasteiger partial charge < -0.3 is 9.47 Å². The number of hydrogen-bond donors (Lipinski definition) is 0. The van der Waals surface area contributed by atoms with E-state index >= 15 is 0 Å². The Kier molecular flexibility index (Phi) is 6.12. The molecule has 1 atom stereocenters. The van der Waals surface area contributed by atoms with Crippen molar-refractivity contribution >= 4 is 50.1 Å². The largest absolute Gasteiger partial charge is 0.490 e. The molecule has 0 N–H and O–H groups in total. The van der Waals surface area contributed by atoms with Crippen LogP contribution >= 0.6 is 24.0 Å². The van der Waals surface area contributed by atoms with Crippen LogP contribution in [0.3, 0.4) is 0 Å². The summed E-state index contributed by atoms with van der Waals surface area (Å²) in [5.74, 6) is 1.11. The first-order valence-corrected chi connectivity index (χ1v) is 11.8. The molecule has 27 heavy (non-hydrogen) atoms. The van der Waals surface area contributed by atoms with Gasteiger partial charge in [0.15, 0.2) is 21.3 Å². The van der Waals surface area contributed by atoms with Crippen molar-refractivity contribution in [3.8, 4) is 11.5 Å². The molecule has 1 aromatic rings. The molecule has 3 rings (SSSR count). The molecule has 146 valence electrons. The number of ether oxygens (including phenoxy) is 2. The highest BCUT2D eigenvalue weighted by Gasteiger charge is 2.42. The van der Waals surface area contributed by atoms with Gasteiger partial charge in [-0.1, -0.05) is 30.0 Å². The standard InChI is InChI=1S/C18H21NO5S3/c1-3-23-14-6-5-12(9-15(14)24-4-2)10-16-17(20)19(18(25)26-16)13-7-8-27(21,22)11-13/h5-6,9-10,13H,3-4,7-8,11H2,1-2H3. The molecular formula is C18H21NO5S3. The van der Waals surface area contributed by atoms with Crippen molar-refractivity contribution in [1.29, 1.82) is 0 Å². The number of benzene rings is 1. The van der Waals surface area contributed by atoms with Crippen molar-refractivity contribution in [3.63, 3.8) is 0 Å². The van der Waals surface area contributed by atoms with E-state index in [0.29, 0.717) is 40.4 Å². The maximum Gasteiger partial charge on any atom is 0.266 e. The Hall–Kier alpha value is -1.58. The van der Waals surface area contributed by atoms with Crippen LogP contribution in [0.15, 0.2) is 23.1 Å². The van der Waals surface area contributed by atoms with Crippen LogP contribution in [0, 0.1) is 0 Å². The first kappa shape index (κ1) is 20.2. The van der Waals surface area contributed by atoms with E-state index in [9.17, 15) is 13.2 Å². The molecule has 2 aliphatic rings. The van der Waals surface area contributed by atoms with Crippen LogP contribution < -0.4 is 9.47 Å². The van der Waals surface area contributed by atoms with E-state index < -0.39 is 9.84 Å². The lowest BCUT2D eigenvalue weighted by Crippen LogP contribution is -2.39. The lowest BCUT2D eigenvalue weighted by molar-refractivity contribution is -0.123. The molecule has 1 amide bonds. The minimum absolute atomic E-state index is 0.0235. The molecule has 1 aromatic carbocycles. The molecule has 1 unspecified atom stereocenters. The zero-order valence-corrected chi connectivity index (χ0v) is 17.6. The Balaban J connectivity index is 1.84. The number of rotatable bonds is 6. The third-order valence-corrected chi connectivity index (χ3v) is 7.34. The Labute approximate surface area is 168 Å². The average Bonchev–Trinajstić information content (AvgIpc) is 3.09. The smallest absolute Gasteiger partial charge is 0.266 e. The van der Waals surface area contributed by atoms with E-state index in [4.69, 9.17) is 21.7 Å². The lowest BCUT2D eigenvalue weighted by atomic mass is 10.1. The SMILES string of the molecule is CCOc1ccc(C=C2SC(=S)N(C3CCS(=O)(=O)C3)C2=O)cc1OCC. The number of amides is 1. The number of hydrogen-bond acceptors (Lipinski definition) is 7. The summed E-state index contributed by atoms with van der Waals surface area (Å²) >= 11 is 6.53. The van der Waals surface area contributed by atoms with Gasteiger partial charge in [0.25, 0.3) is 5.91 Å². The molecule has 0 radical (unpaired) electrons. The molecule has 0 spiro atoms. The van der Waals surface area contributed by atoms with Crippen LogP contribution in [0.2, 0.25) is 0 Å². The maximum atomic E-state index is 12.8. The van der Waals surface area contributed by atoms with Gasteiger partial charge in [-0.05, 0) is 44.0 Å². The van der Waals surface area contributed by atoms with Crippen molar-refractivity contribution in [2.24, 2.45) is 0 Å². The summed E-state index contributed by atoms with van der Waals surface area (Å²) in [7, 11) is -3.09. The van der Waals surface area contributed by atoms with Gasteiger partial charge in [0, 0.05) is 0 Å². The van der Waals surface area contributed by atoms with Crippen LogP contribution in [-0.2, 0) is 14.6 Å². The fraction of sp³-hybridized carbons (Fsp3) is 0.444. The first-order valence-electron chi connectivity index (χ1n) is 8.71. The third-order valence-electron chi connectivity index (χ3n) is 4.26. The molecule has 0 saturated carbocycles. The molecule has 2 saturated heterocycles. The van der Waals surface area contributed by atoms with Gasteiger partial charge >= 0.3 is 0 Å². The Morgan fingerprint density at radius 1 is 1.26 bits per heavy atom.